The average Bonchev–Trinajstić information content (AvgIpc) is 2.66. The molecule has 3 rings (SSSR count). The van der Waals surface area contributed by atoms with Crippen LogP contribution in [0.25, 0.3) is 0 Å². The molecule has 2 heterocycles. The molecule has 0 spiro atoms. The van der Waals surface area contributed by atoms with Crippen LogP contribution < -0.4 is 10.6 Å². The van der Waals surface area contributed by atoms with Gasteiger partial charge in [-0.05, 0) is 62.9 Å². The number of halogens is 1. The van der Waals surface area contributed by atoms with Gasteiger partial charge in [-0.1, -0.05) is 13.8 Å². The van der Waals surface area contributed by atoms with Crippen molar-refractivity contribution < 1.29 is 13.9 Å². The molecule has 0 saturated carbocycles. The SMILES string of the molecule is CC(C)COC(=O)C1CCN(C2CCN(c3ccc(N)cc3F)CC2)CC1. The fraction of sp³-hybridized carbons (Fsp3) is 0.667. The number of hydrogen-bond acceptors (Lipinski definition) is 5. The van der Waals surface area contributed by atoms with Crippen LogP contribution in [0, 0.1) is 17.7 Å². The van der Waals surface area contributed by atoms with Crippen LogP contribution in [0.2, 0.25) is 0 Å². The van der Waals surface area contributed by atoms with Gasteiger partial charge in [0.05, 0.1) is 18.2 Å². The van der Waals surface area contributed by atoms with Crippen LogP contribution in [0.4, 0.5) is 15.8 Å². The van der Waals surface area contributed by atoms with E-state index in [1.165, 1.54) is 6.07 Å². The van der Waals surface area contributed by atoms with Crippen LogP contribution in [0.15, 0.2) is 18.2 Å². The molecule has 2 aliphatic rings. The average molecular weight is 378 g/mol. The first-order valence-electron chi connectivity index (χ1n) is 10.1. The molecule has 5 nitrogen and oxygen atoms in total. The van der Waals surface area contributed by atoms with Crippen molar-refractivity contribution in [3.63, 3.8) is 0 Å². The van der Waals surface area contributed by atoms with Crippen molar-refractivity contribution >= 4 is 17.3 Å². The van der Waals surface area contributed by atoms with Crippen LogP contribution in [0.5, 0.6) is 0 Å². The molecular formula is C21H32FN3O2. The Morgan fingerprint density at radius 1 is 1.19 bits per heavy atom. The quantitative estimate of drug-likeness (QED) is 0.630. The fourth-order valence-corrected chi connectivity index (χ4v) is 4.12. The minimum atomic E-state index is -0.242. The maximum atomic E-state index is 14.1. The zero-order chi connectivity index (χ0) is 19.4. The number of nitrogens with zero attached hydrogens (tertiary/aromatic N) is 2. The molecular weight excluding hydrogens is 345 g/mol. The Bertz CT molecular complexity index is 636. The van der Waals surface area contributed by atoms with Crippen molar-refractivity contribution in [3.05, 3.63) is 24.0 Å². The number of anilines is 2. The number of hydrogen-bond donors (Lipinski definition) is 1. The lowest BCUT2D eigenvalue weighted by Crippen LogP contribution is -2.48. The minimum Gasteiger partial charge on any atom is -0.465 e. The highest BCUT2D eigenvalue weighted by atomic mass is 19.1. The Labute approximate surface area is 161 Å². The lowest BCUT2D eigenvalue weighted by molar-refractivity contribution is -0.151. The van der Waals surface area contributed by atoms with E-state index in [0.29, 0.717) is 29.9 Å². The first-order valence-corrected chi connectivity index (χ1v) is 10.1. The number of nitrogen functional groups attached to an aromatic ring is 1. The van der Waals surface area contributed by atoms with E-state index in [9.17, 15) is 9.18 Å². The second-order valence-electron chi connectivity index (χ2n) is 8.26. The molecule has 1 aromatic carbocycles. The van der Waals surface area contributed by atoms with E-state index in [1.807, 2.05) is 0 Å². The van der Waals surface area contributed by atoms with Crippen LogP contribution >= 0.6 is 0 Å². The number of benzene rings is 1. The lowest BCUT2D eigenvalue weighted by atomic mass is 9.93. The number of carbonyl (C=O) groups is 1. The van der Waals surface area contributed by atoms with E-state index in [-0.39, 0.29) is 17.7 Å². The normalized spacial score (nSPS) is 20.2. The van der Waals surface area contributed by atoms with E-state index in [2.05, 4.69) is 23.6 Å². The highest BCUT2D eigenvalue weighted by Crippen LogP contribution is 2.28. The maximum Gasteiger partial charge on any atom is 0.309 e. The molecule has 0 aliphatic carbocycles. The summed E-state index contributed by atoms with van der Waals surface area (Å²) in [5, 5.41) is 0. The molecule has 0 radical (unpaired) electrons. The molecule has 2 fully saturated rings. The van der Waals surface area contributed by atoms with Gasteiger partial charge in [0.1, 0.15) is 5.82 Å². The summed E-state index contributed by atoms with van der Waals surface area (Å²) < 4.78 is 19.5. The highest BCUT2D eigenvalue weighted by molar-refractivity contribution is 5.72. The number of rotatable bonds is 5. The molecule has 150 valence electrons. The van der Waals surface area contributed by atoms with Crippen molar-refractivity contribution in [2.24, 2.45) is 11.8 Å². The largest absolute Gasteiger partial charge is 0.465 e. The Hall–Kier alpha value is -1.82. The summed E-state index contributed by atoms with van der Waals surface area (Å²) in [4.78, 5) is 16.8. The first kappa shape index (κ1) is 19.9. The van der Waals surface area contributed by atoms with E-state index in [1.54, 1.807) is 12.1 Å². The predicted molar refractivity (Wildman–Crippen MR) is 106 cm³/mol. The summed E-state index contributed by atoms with van der Waals surface area (Å²) in [6, 6.07) is 5.45. The second-order valence-corrected chi connectivity index (χ2v) is 8.26. The van der Waals surface area contributed by atoms with E-state index >= 15 is 0 Å². The third-order valence-electron chi connectivity index (χ3n) is 5.72. The standard InChI is InChI=1S/C21H32FN3O2/c1-15(2)14-27-21(26)16-5-9-24(10-6-16)18-7-11-25(12-8-18)20-4-3-17(23)13-19(20)22/h3-4,13,15-16,18H,5-12,14,23H2,1-2H3. The minimum absolute atomic E-state index is 0.0306. The number of carbonyl (C=O) groups excluding carboxylic acids is 1. The summed E-state index contributed by atoms with van der Waals surface area (Å²) in [6.07, 6.45) is 3.80. The van der Waals surface area contributed by atoms with Gasteiger partial charge in [-0.25, -0.2) is 4.39 Å². The van der Waals surface area contributed by atoms with Gasteiger partial charge in [-0.15, -0.1) is 0 Å². The van der Waals surface area contributed by atoms with Crippen molar-refractivity contribution in [2.75, 3.05) is 43.4 Å². The maximum absolute atomic E-state index is 14.1. The van der Waals surface area contributed by atoms with Crippen molar-refractivity contribution in [3.8, 4) is 0 Å². The van der Waals surface area contributed by atoms with Gasteiger partial charge >= 0.3 is 5.97 Å². The third kappa shape index (κ3) is 5.12. The molecule has 2 aliphatic heterocycles. The van der Waals surface area contributed by atoms with Gasteiger partial charge in [-0.3, -0.25) is 4.79 Å². The van der Waals surface area contributed by atoms with Gasteiger partial charge in [0.25, 0.3) is 0 Å². The Morgan fingerprint density at radius 2 is 1.85 bits per heavy atom. The first-order chi connectivity index (χ1) is 12.9. The second kappa shape index (κ2) is 8.91. The fourth-order valence-electron chi connectivity index (χ4n) is 4.12. The van der Waals surface area contributed by atoms with E-state index < -0.39 is 0 Å². The summed E-state index contributed by atoms with van der Waals surface area (Å²) in [5.74, 6) is 0.153. The zero-order valence-electron chi connectivity index (χ0n) is 16.5. The van der Waals surface area contributed by atoms with E-state index in [0.717, 1.165) is 51.9 Å². The number of ether oxygens (including phenoxy) is 1. The van der Waals surface area contributed by atoms with Crippen LogP contribution in [-0.4, -0.2) is 49.7 Å². The lowest BCUT2D eigenvalue weighted by Gasteiger charge is -2.42. The van der Waals surface area contributed by atoms with Crippen LogP contribution in [-0.2, 0) is 9.53 Å². The molecule has 0 aromatic heterocycles. The summed E-state index contributed by atoms with van der Waals surface area (Å²) in [5.41, 5.74) is 6.75. The molecule has 2 saturated heterocycles. The summed E-state index contributed by atoms with van der Waals surface area (Å²) >= 11 is 0. The molecule has 6 heteroatoms. The Balaban J connectivity index is 1.45. The Morgan fingerprint density at radius 3 is 2.44 bits per heavy atom. The van der Waals surface area contributed by atoms with Gasteiger partial charge in [0.15, 0.2) is 0 Å². The molecule has 0 amide bonds. The van der Waals surface area contributed by atoms with Gasteiger partial charge in [-0.2, -0.15) is 0 Å². The number of esters is 1. The number of nitrogens with two attached hydrogens (primary N) is 1. The molecule has 27 heavy (non-hydrogen) atoms. The number of piperidine rings is 2. The zero-order valence-corrected chi connectivity index (χ0v) is 16.5. The van der Waals surface area contributed by atoms with Gasteiger partial charge in [0, 0.05) is 24.8 Å². The van der Waals surface area contributed by atoms with Crippen molar-refractivity contribution in [2.45, 2.75) is 45.6 Å². The molecule has 1 aromatic rings. The smallest absolute Gasteiger partial charge is 0.309 e. The van der Waals surface area contributed by atoms with Crippen molar-refractivity contribution in [1.29, 1.82) is 0 Å². The third-order valence-corrected chi connectivity index (χ3v) is 5.72. The van der Waals surface area contributed by atoms with Crippen LogP contribution in [0.3, 0.4) is 0 Å². The highest BCUT2D eigenvalue weighted by Gasteiger charge is 2.31. The monoisotopic (exact) mass is 377 g/mol. The summed E-state index contributed by atoms with van der Waals surface area (Å²) in [6.45, 7) is 8.21. The van der Waals surface area contributed by atoms with E-state index in [4.69, 9.17) is 10.5 Å². The molecule has 0 atom stereocenters. The van der Waals surface area contributed by atoms with Crippen molar-refractivity contribution in [1.82, 2.24) is 4.90 Å². The van der Waals surface area contributed by atoms with Gasteiger partial charge < -0.3 is 20.3 Å². The van der Waals surface area contributed by atoms with Gasteiger partial charge in [0.2, 0.25) is 0 Å². The molecule has 2 N–H and O–H groups in total. The molecule has 0 unspecified atom stereocenters. The Kier molecular flexibility index (Phi) is 6.58. The molecule has 0 bridgehead atoms. The topological polar surface area (TPSA) is 58.8 Å². The van der Waals surface area contributed by atoms with Crippen LogP contribution in [0.1, 0.15) is 39.5 Å². The summed E-state index contributed by atoms with van der Waals surface area (Å²) in [7, 11) is 0. The predicted octanol–water partition coefficient (Wildman–Crippen LogP) is 3.29. The number of likely N-dealkylation sites (tertiary alicyclic amines) is 1.